The van der Waals surface area contributed by atoms with Crippen LogP contribution < -0.4 is 0 Å². The summed E-state index contributed by atoms with van der Waals surface area (Å²) >= 11 is 0. The van der Waals surface area contributed by atoms with Gasteiger partial charge >= 0.3 is 0 Å². The summed E-state index contributed by atoms with van der Waals surface area (Å²) in [4.78, 5) is 14.5. The molecule has 3 rings (SSSR count). The van der Waals surface area contributed by atoms with Crippen molar-refractivity contribution in [2.45, 2.75) is 37.5 Å². The number of carbonyl (C=O) groups excluding carboxylic acids is 1. The molecule has 2 saturated heterocycles. The fraction of sp³-hybridized carbons (Fsp3) is 0.632. The van der Waals surface area contributed by atoms with E-state index >= 15 is 0 Å². The number of rotatable bonds is 5. The Morgan fingerprint density at radius 1 is 0.828 bits per heavy atom. The van der Waals surface area contributed by atoms with E-state index in [9.17, 15) is 21.6 Å². The van der Waals surface area contributed by atoms with E-state index in [-0.39, 0.29) is 48.3 Å². The fourth-order valence-corrected chi connectivity index (χ4v) is 6.56. The Kier molecular flexibility index (Phi) is 6.98. The first kappa shape index (κ1) is 22.2. The lowest BCUT2D eigenvalue weighted by Crippen LogP contribution is -2.54. The van der Waals surface area contributed by atoms with Gasteiger partial charge in [-0.3, -0.25) is 4.79 Å². The quantitative estimate of drug-likeness (QED) is 0.685. The highest BCUT2D eigenvalue weighted by Crippen LogP contribution is 2.22. The zero-order valence-electron chi connectivity index (χ0n) is 16.8. The molecule has 1 amide bonds. The summed E-state index contributed by atoms with van der Waals surface area (Å²) in [6.45, 7) is 3.55. The molecule has 0 saturated carbocycles. The molecule has 2 aliphatic heterocycles. The summed E-state index contributed by atoms with van der Waals surface area (Å²) in [6.07, 6.45) is 3.85. The van der Waals surface area contributed by atoms with Crippen LogP contribution in [0, 0.1) is 0 Å². The maximum atomic E-state index is 13.0. The number of nitrogens with zero attached hydrogens (tertiary/aromatic N) is 3. The maximum Gasteiger partial charge on any atom is 0.282 e. The summed E-state index contributed by atoms with van der Waals surface area (Å²) in [6, 6.07) is 6.21. The topological polar surface area (TPSA) is 95.1 Å². The molecule has 1 aromatic carbocycles. The number of hydrogen-bond donors (Lipinski definition) is 0. The lowest BCUT2D eigenvalue weighted by Gasteiger charge is -2.36. The molecule has 10 heteroatoms. The number of carbonyl (C=O) groups is 1. The van der Waals surface area contributed by atoms with Crippen LogP contribution in [0.5, 0.6) is 0 Å². The Morgan fingerprint density at radius 3 is 1.97 bits per heavy atom. The van der Waals surface area contributed by atoms with Gasteiger partial charge in [0.05, 0.1) is 16.2 Å². The van der Waals surface area contributed by atoms with E-state index in [4.69, 9.17) is 0 Å². The van der Waals surface area contributed by atoms with E-state index in [0.717, 1.165) is 25.7 Å². The van der Waals surface area contributed by atoms with Crippen molar-refractivity contribution in [3.05, 3.63) is 29.8 Å². The molecular formula is C19H29N3O5S2. The number of hydrogen-bond acceptors (Lipinski definition) is 5. The third-order valence-electron chi connectivity index (χ3n) is 5.58. The Bertz CT molecular complexity index is 930. The van der Waals surface area contributed by atoms with Crippen LogP contribution in [0.4, 0.5) is 0 Å². The van der Waals surface area contributed by atoms with Crippen LogP contribution in [0.2, 0.25) is 0 Å². The SMILES string of the molecule is CCS(=O)(=O)c1ccccc1C(=O)N1CCN(S(=O)(=O)N2CCCCCC2)CC1. The highest BCUT2D eigenvalue weighted by molar-refractivity contribution is 7.91. The summed E-state index contributed by atoms with van der Waals surface area (Å²) in [5.74, 6) is -0.455. The van der Waals surface area contributed by atoms with Gasteiger partial charge in [-0.25, -0.2) is 8.42 Å². The van der Waals surface area contributed by atoms with Crippen molar-refractivity contribution in [2.75, 3.05) is 45.0 Å². The average molecular weight is 444 g/mol. The molecule has 2 heterocycles. The van der Waals surface area contributed by atoms with Crippen molar-refractivity contribution in [1.29, 1.82) is 0 Å². The minimum atomic E-state index is -3.52. The molecule has 0 radical (unpaired) electrons. The molecule has 2 aliphatic rings. The Hall–Kier alpha value is -1.49. The van der Waals surface area contributed by atoms with E-state index in [1.807, 2.05) is 0 Å². The molecule has 0 atom stereocenters. The minimum absolute atomic E-state index is 0.0344. The smallest absolute Gasteiger partial charge is 0.282 e. The number of benzene rings is 1. The van der Waals surface area contributed by atoms with E-state index < -0.39 is 20.0 Å². The molecule has 2 fully saturated rings. The van der Waals surface area contributed by atoms with Crippen molar-refractivity contribution in [3.63, 3.8) is 0 Å². The van der Waals surface area contributed by atoms with Gasteiger partial charge in [0.2, 0.25) is 0 Å². The molecule has 29 heavy (non-hydrogen) atoms. The molecule has 0 spiro atoms. The first-order chi connectivity index (χ1) is 13.8. The summed E-state index contributed by atoms with van der Waals surface area (Å²) in [7, 11) is -7.05. The third-order valence-corrected chi connectivity index (χ3v) is 9.40. The zero-order chi connectivity index (χ0) is 21.1. The van der Waals surface area contributed by atoms with Gasteiger partial charge in [-0.15, -0.1) is 0 Å². The van der Waals surface area contributed by atoms with Crippen molar-refractivity contribution in [3.8, 4) is 0 Å². The van der Waals surface area contributed by atoms with E-state index in [1.54, 1.807) is 28.3 Å². The molecule has 0 aromatic heterocycles. The van der Waals surface area contributed by atoms with Gasteiger partial charge in [0, 0.05) is 39.3 Å². The molecule has 0 unspecified atom stereocenters. The maximum absolute atomic E-state index is 13.0. The van der Waals surface area contributed by atoms with E-state index in [1.165, 1.54) is 16.4 Å². The highest BCUT2D eigenvalue weighted by atomic mass is 32.2. The van der Waals surface area contributed by atoms with E-state index in [2.05, 4.69) is 0 Å². The normalized spacial score (nSPS) is 20.4. The van der Waals surface area contributed by atoms with Gasteiger partial charge in [-0.05, 0) is 25.0 Å². The van der Waals surface area contributed by atoms with Crippen LogP contribution in [-0.4, -0.2) is 81.3 Å². The third kappa shape index (κ3) is 4.82. The Labute approximate surface area is 173 Å². The molecule has 0 N–H and O–H groups in total. The van der Waals surface area contributed by atoms with Gasteiger partial charge in [-0.1, -0.05) is 31.9 Å². The Balaban J connectivity index is 1.71. The molecule has 8 nitrogen and oxygen atoms in total. The summed E-state index contributed by atoms with van der Waals surface area (Å²) < 4.78 is 53.5. The van der Waals surface area contributed by atoms with Crippen molar-refractivity contribution in [2.24, 2.45) is 0 Å². The number of piperazine rings is 1. The Morgan fingerprint density at radius 2 is 1.38 bits per heavy atom. The fourth-order valence-electron chi connectivity index (χ4n) is 3.80. The highest BCUT2D eigenvalue weighted by Gasteiger charge is 2.34. The van der Waals surface area contributed by atoms with Crippen molar-refractivity contribution in [1.82, 2.24) is 13.5 Å². The second-order valence-corrected chi connectivity index (χ2v) is 11.6. The van der Waals surface area contributed by atoms with Crippen LogP contribution in [0.1, 0.15) is 43.0 Å². The largest absolute Gasteiger partial charge is 0.336 e. The van der Waals surface area contributed by atoms with Crippen LogP contribution in [-0.2, 0) is 20.0 Å². The molecular weight excluding hydrogens is 414 g/mol. The lowest BCUT2D eigenvalue weighted by atomic mass is 10.2. The predicted octanol–water partition coefficient (Wildman–Crippen LogP) is 1.36. The van der Waals surface area contributed by atoms with Crippen LogP contribution in [0.25, 0.3) is 0 Å². The van der Waals surface area contributed by atoms with Crippen molar-refractivity contribution < 1.29 is 21.6 Å². The number of sulfone groups is 1. The van der Waals surface area contributed by atoms with Crippen LogP contribution in [0.15, 0.2) is 29.2 Å². The standard InChI is InChI=1S/C19H29N3O5S2/c1-2-28(24,25)18-10-6-5-9-17(18)19(23)20-13-15-22(16-14-20)29(26,27)21-11-7-3-4-8-12-21/h5-6,9-10H,2-4,7-8,11-16H2,1H3. The first-order valence-electron chi connectivity index (χ1n) is 10.1. The van der Waals surface area contributed by atoms with Crippen molar-refractivity contribution >= 4 is 26.0 Å². The lowest BCUT2D eigenvalue weighted by molar-refractivity contribution is 0.0690. The van der Waals surface area contributed by atoms with Gasteiger partial charge in [-0.2, -0.15) is 17.0 Å². The second kappa shape index (κ2) is 9.11. The average Bonchev–Trinajstić information content (AvgIpc) is 3.03. The molecule has 0 bridgehead atoms. The molecule has 162 valence electrons. The van der Waals surface area contributed by atoms with Crippen LogP contribution in [0.3, 0.4) is 0 Å². The number of amides is 1. The van der Waals surface area contributed by atoms with E-state index in [0.29, 0.717) is 13.1 Å². The van der Waals surface area contributed by atoms with Gasteiger partial charge in [0.25, 0.3) is 16.1 Å². The predicted molar refractivity (Wildman–Crippen MR) is 111 cm³/mol. The van der Waals surface area contributed by atoms with Crippen LogP contribution >= 0.6 is 0 Å². The zero-order valence-corrected chi connectivity index (χ0v) is 18.4. The summed E-state index contributed by atoms with van der Waals surface area (Å²) in [5, 5.41) is 0. The summed E-state index contributed by atoms with van der Waals surface area (Å²) in [5.41, 5.74) is 0.151. The second-order valence-electron chi connectivity index (χ2n) is 7.41. The molecule has 1 aromatic rings. The first-order valence-corrected chi connectivity index (χ1v) is 13.2. The van der Waals surface area contributed by atoms with Gasteiger partial charge in [0.1, 0.15) is 0 Å². The van der Waals surface area contributed by atoms with Gasteiger partial charge < -0.3 is 4.90 Å². The minimum Gasteiger partial charge on any atom is -0.336 e. The van der Waals surface area contributed by atoms with Gasteiger partial charge in [0.15, 0.2) is 9.84 Å². The monoisotopic (exact) mass is 443 g/mol. The molecule has 0 aliphatic carbocycles.